The van der Waals surface area contributed by atoms with Crippen molar-refractivity contribution in [2.45, 2.75) is 51.4 Å². The molecule has 1 atom stereocenters. The lowest BCUT2D eigenvalue weighted by Crippen LogP contribution is -2.54. The van der Waals surface area contributed by atoms with Crippen LogP contribution in [0.15, 0.2) is 36.5 Å². The van der Waals surface area contributed by atoms with Gasteiger partial charge in [-0.15, -0.1) is 0 Å². The normalized spacial score (nSPS) is 22.3. The van der Waals surface area contributed by atoms with Crippen LogP contribution < -0.4 is 4.74 Å². The van der Waals surface area contributed by atoms with Crippen molar-refractivity contribution >= 4 is 11.8 Å². The van der Waals surface area contributed by atoms with Crippen molar-refractivity contribution in [1.82, 2.24) is 19.6 Å². The number of hydrogen-bond donors (Lipinski definition) is 0. The number of aryl methyl sites for hydroxylation is 3. The molecule has 0 N–H and O–H groups in total. The monoisotopic (exact) mass is 452 g/mol. The number of carbonyl (C=O) groups is 2. The van der Waals surface area contributed by atoms with Crippen molar-refractivity contribution in [3.05, 3.63) is 47.8 Å². The second kappa shape index (κ2) is 10.4. The maximum atomic E-state index is 13.7. The van der Waals surface area contributed by atoms with Gasteiger partial charge in [0.05, 0.1) is 12.0 Å². The SMILES string of the molecule is CN1CCOc2ccccc2CCCCC2(CCCN(C(=O)CCc3ccnn3C)C2)C1=O. The number of piperidine rings is 1. The van der Waals surface area contributed by atoms with Gasteiger partial charge in [0.2, 0.25) is 11.8 Å². The van der Waals surface area contributed by atoms with Crippen LogP contribution in [-0.2, 0) is 29.5 Å². The number of benzene rings is 1. The summed E-state index contributed by atoms with van der Waals surface area (Å²) in [5.74, 6) is 1.22. The molecule has 1 unspecified atom stereocenters. The van der Waals surface area contributed by atoms with E-state index in [-0.39, 0.29) is 11.8 Å². The lowest BCUT2D eigenvalue weighted by atomic mass is 9.74. The van der Waals surface area contributed by atoms with Gasteiger partial charge in [-0.3, -0.25) is 14.3 Å². The number of likely N-dealkylation sites (N-methyl/N-ethyl adjacent to an activating group) is 1. The zero-order valence-corrected chi connectivity index (χ0v) is 20.0. The fourth-order valence-electron chi connectivity index (χ4n) is 5.30. The van der Waals surface area contributed by atoms with E-state index in [9.17, 15) is 9.59 Å². The maximum absolute atomic E-state index is 13.7. The number of likely N-dealkylation sites (tertiary alicyclic amines) is 1. The van der Waals surface area contributed by atoms with Gasteiger partial charge in [-0.05, 0) is 56.2 Å². The fraction of sp³-hybridized carbons (Fsp3) is 0.577. The molecule has 7 heteroatoms. The Kier molecular flexibility index (Phi) is 7.36. The maximum Gasteiger partial charge on any atom is 0.230 e. The van der Waals surface area contributed by atoms with E-state index in [1.54, 1.807) is 6.20 Å². The molecule has 1 aromatic carbocycles. The molecule has 1 saturated heterocycles. The lowest BCUT2D eigenvalue weighted by Gasteiger charge is -2.44. The highest BCUT2D eigenvalue weighted by atomic mass is 16.5. The predicted octanol–water partition coefficient (Wildman–Crippen LogP) is 3.23. The fourth-order valence-corrected chi connectivity index (χ4v) is 5.30. The summed E-state index contributed by atoms with van der Waals surface area (Å²) in [5.41, 5.74) is 1.79. The summed E-state index contributed by atoms with van der Waals surface area (Å²) in [5, 5.41) is 4.19. The summed E-state index contributed by atoms with van der Waals surface area (Å²) in [4.78, 5) is 30.5. The molecule has 0 bridgehead atoms. The van der Waals surface area contributed by atoms with Crippen LogP contribution in [0.5, 0.6) is 5.75 Å². The van der Waals surface area contributed by atoms with Gasteiger partial charge in [0.1, 0.15) is 12.4 Å². The number of para-hydroxylation sites is 1. The molecule has 2 aliphatic rings. The number of rotatable bonds is 3. The minimum absolute atomic E-state index is 0.133. The van der Waals surface area contributed by atoms with Crippen LogP contribution in [0.1, 0.15) is 49.8 Å². The van der Waals surface area contributed by atoms with E-state index in [0.29, 0.717) is 32.5 Å². The average Bonchev–Trinajstić information content (AvgIpc) is 3.24. The molecule has 1 spiro atoms. The van der Waals surface area contributed by atoms with Gasteiger partial charge in [-0.25, -0.2) is 0 Å². The Morgan fingerprint density at radius 1 is 1.09 bits per heavy atom. The second-order valence-corrected chi connectivity index (χ2v) is 9.54. The summed E-state index contributed by atoms with van der Waals surface area (Å²) in [7, 11) is 3.77. The van der Waals surface area contributed by atoms with Gasteiger partial charge in [-0.1, -0.05) is 24.6 Å². The minimum atomic E-state index is -0.492. The Hall–Kier alpha value is -2.83. The highest BCUT2D eigenvalue weighted by Gasteiger charge is 2.44. The Morgan fingerprint density at radius 2 is 1.91 bits per heavy atom. The summed E-state index contributed by atoms with van der Waals surface area (Å²) in [6.45, 7) is 2.28. The molecular formula is C26H36N4O3. The molecule has 2 amide bonds. The van der Waals surface area contributed by atoms with Gasteiger partial charge in [0, 0.05) is 45.5 Å². The van der Waals surface area contributed by atoms with E-state index >= 15 is 0 Å². The molecule has 3 heterocycles. The van der Waals surface area contributed by atoms with Gasteiger partial charge in [0.25, 0.3) is 0 Å². The van der Waals surface area contributed by atoms with Crippen molar-refractivity contribution in [3.63, 3.8) is 0 Å². The predicted molar refractivity (Wildman–Crippen MR) is 127 cm³/mol. The van der Waals surface area contributed by atoms with Crippen LogP contribution in [0.4, 0.5) is 0 Å². The van der Waals surface area contributed by atoms with Crippen LogP contribution in [0.25, 0.3) is 0 Å². The van der Waals surface area contributed by atoms with Gasteiger partial charge < -0.3 is 14.5 Å². The van der Waals surface area contributed by atoms with Crippen LogP contribution >= 0.6 is 0 Å². The quantitative estimate of drug-likeness (QED) is 0.717. The first-order chi connectivity index (χ1) is 16.0. The van der Waals surface area contributed by atoms with Gasteiger partial charge >= 0.3 is 0 Å². The lowest BCUT2D eigenvalue weighted by molar-refractivity contribution is -0.149. The number of ether oxygens (including phenoxy) is 1. The molecular weight excluding hydrogens is 416 g/mol. The third kappa shape index (κ3) is 5.40. The minimum Gasteiger partial charge on any atom is -0.491 e. The number of nitrogens with zero attached hydrogens (tertiary/aromatic N) is 4. The van der Waals surface area contributed by atoms with Gasteiger partial charge in [-0.2, -0.15) is 5.10 Å². The molecule has 0 saturated carbocycles. The molecule has 178 valence electrons. The van der Waals surface area contributed by atoms with Crippen molar-refractivity contribution in [2.75, 3.05) is 33.3 Å². The molecule has 2 aromatic rings. The second-order valence-electron chi connectivity index (χ2n) is 9.54. The number of fused-ring (bicyclic) bond motifs is 1. The standard InChI is InChI=1S/C26H36N4O3/c1-28-18-19-33-23-10-4-3-8-21(23)9-5-6-14-26(25(28)32)15-7-17-30(20-26)24(31)12-11-22-13-16-27-29(22)2/h3-4,8,10,13,16H,5-7,9,11-12,14-15,17-20H2,1-2H3. The highest BCUT2D eigenvalue weighted by Crippen LogP contribution is 2.38. The van der Waals surface area contributed by atoms with Crippen LogP contribution in [0.3, 0.4) is 0 Å². The van der Waals surface area contributed by atoms with Crippen LogP contribution in [0.2, 0.25) is 0 Å². The van der Waals surface area contributed by atoms with E-state index in [2.05, 4.69) is 17.2 Å². The third-order valence-electron chi connectivity index (χ3n) is 7.26. The number of amides is 2. The largest absolute Gasteiger partial charge is 0.491 e. The Balaban J connectivity index is 1.45. The molecule has 7 nitrogen and oxygen atoms in total. The molecule has 2 aliphatic heterocycles. The van der Waals surface area contributed by atoms with Crippen LogP contribution in [-0.4, -0.2) is 64.7 Å². The zero-order valence-electron chi connectivity index (χ0n) is 20.0. The molecule has 0 aliphatic carbocycles. The summed E-state index contributed by atoms with van der Waals surface area (Å²) >= 11 is 0. The van der Waals surface area contributed by atoms with E-state index in [1.165, 1.54) is 5.56 Å². The topological polar surface area (TPSA) is 67.7 Å². The van der Waals surface area contributed by atoms with E-state index in [1.807, 2.05) is 46.8 Å². The van der Waals surface area contributed by atoms with Crippen molar-refractivity contribution in [3.8, 4) is 5.75 Å². The third-order valence-corrected chi connectivity index (χ3v) is 7.26. The Labute approximate surface area is 196 Å². The highest BCUT2D eigenvalue weighted by molar-refractivity contribution is 5.84. The molecule has 33 heavy (non-hydrogen) atoms. The first-order valence-electron chi connectivity index (χ1n) is 12.2. The van der Waals surface area contributed by atoms with Gasteiger partial charge in [0.15, 0.2) is 0 Å². The van der Waals surface area contributed by atoms with E-state index < -0.39 is 5.41 Å². The smallest absolute Gasteiger partial charge is 0.230 e. The Morgan fingerprint density at radius 3 is 2.73 bits per heavy atom. The van der Waals surface area contributed by atoms with E-state index in [0.717, 1.165) is 56.5 Å². The summed E-state index contributed by atoms with van der Waals surface area (Å²) < 4.78 is 7.84. The first-order valence-corrected chi connectivity index (χ1v) is 12.2. The average molecular weight is 453 g/mol. The molecule has 4 rings (SSSR count). The van der Waals surface area contributed by atoms with Crippen molar-refractivity contribution < 1.29 is 14.3 Å². The Bertz CT molecular complexity index is 972. The van der Waals surface area contributed by atoms with Crippen molar-refractivity contribution in [1.29, 1.82) is 0 Å². The summed E-state index contributed by atoms with van der Waals surface area (Å²) in [6.07, 6.45) is 8.34. The molecule has 0 radical (unpaired) electrons. The van der Waals surface area contributed by atoms with E-state index in [4.69, 9.17) is 4.74 Å². The summed E-state index contributed by atoms with van der Waals surface area (Å²) in [6, 6.07) is 10.2. The number of hydrogen-bond acceptors (Lipinski definition) is 4. The number of carbonyl (C=O) groups excluding carboxylic acids is 2. The number of aromatic nitrogens is 2. The zero-order chi connectivity index (χ0) is 23.3. The molecule has 1 aromatic heterocycles. The molecule has 1 fully saturated rings. The van der Waals surface area contributed by atoms with Crippen molar-refractivity contribution in [2.24, 2.45) is 12.5 Å². The van der Waals surface area contributed by atoms with Crippen LogP contribution in [0, 0.1) is 5.41 Å². The first kappa shape index (κ1) is 23.3.